The van der Waals surface area contributed by atoms with Gasteiger partial charge in [0.05, 0.1) is 27.8 Å². The molecule has 3 aromatic carbocycles. The second-order valence-electron chi connectivity index (χ2n) is 7.92. The first-order chi connectivity index (χ1) is 15.1. The third-order valence-corrected chi connectivity index (χ3v) is 6.33. The Hall–Kier alpha value is -3.60. The van der Waals surface area contributed by atoms with Gasteiger partial charge in [-0.3, -0.25) is 9.59 Å². The van der Waals surface area contributed by atoms with Crippen LogP contribution in [0.5, 0.6) is 0 Å². The average molecular weight is 412 g/mol. The van der Waals surface area contributed by atoms with Crippen molar-refractivity contribution in [1.29, 1.82) is 0 Å². The minimum atomic E-state index is -0.0251. The summed E-state index contributed by atoms with van der Waals surface area (Å²) in [5, 5.41) is 2.56. The normalized spacial score (nSPS) is 11.7. The summed E-state index contributed by atoms with van der Waals surface area (Å²) in [5.74, 6) is 0. The predicted molar refractivity (Wildman–Crippen MR) is 131 cm³/mol. The van der Waals surface area contributed by atoms with Crippen molar-refractivity contribution in [3.05, 3.63) is 74.5 Å². The lowest BCUT2D eigenvalue weighted by molar-refractivity contribution is 0.869. The second kappa shape index (κ2) is 7.27. The first-order valence-electron chi connectivity index (χ1n) is 10.9. The molecule has 0 unspecified atom stereocenters. The van der Waals surface area contributed by atoms with Crippen LogP contribution in [-0.4, -0.2) is 23.1 Å². The molecule has 2 heterocycles. The molecular formula is C26H25N3O2. The quantitative estimate of drug-likeness (QED) is 0.405. The van der Waals surface area contributed by atoms with Crippen LogP contribution in [0.1, 0.15) is 26.3 Å². The maximum Gasteiger partial charge on any atom is 0.197 e. The molecule has 2 N–H and O–H groups in total. The Morgan fingerprint density at radius 2 is 1.42 bits per heavy atom. The van der Waals surface area contributed by atoms with Crippen LogP contribution < -0.4 is 15.8 Å². The fraction of sp³-hybridized carbons (Fsp3) is 0.231. The smallest absolute Gasteiger partial charge is 0.197 e. The van der Waals surface area contributed by atoms with Gasteiger partial charge in [-0.1, -0.05) is 25.1 Å². The van der Waals surface area contributed by atoms with Crippen LogP contribution in [0.25, 0.3) is 43.6 Å². The topological polar surface area (TPSA) is 69.0 Å². The number of aromatic amines is 2. The fourth-order valence-corrected chi connectivity index (χ4v) is 4.70. The molecule has 5 aromatic rings. The minimum absolute atomic E-state index is 0.000994. The standard InChI is InChI=1S/C26H25N3O2/c1-4-15-9-7-11-19-23(15)26(31)18-14-21-17(13-20(18)27-19)25(30)16-10-8-12-22(24(16)28-21)29(5-2)6-3/h7-14H,4-6H2,1-3H3,(H,27,31)(H,28,30). The van der Waals surface area contributed by atoms with Gasteiger partial charge in [0.15, 0.2) is 10.9 Å². The van der Waals surface area contributed by atoms with Crippen LogP contribution in [0.2, 0.25) is 0 Å². The van der Waals surface area contributed by atoms with E-state index in [4.69, 9.17) is 0 Å². The lowest BCUT2D eigenvalue weighted by Crippen LogP contribution is -2.22. The van der Waals surface area contributed by atoms with Crippen LogP contribution in [0.3, 0.4) is 0 Å². The Bertz CT molecular complexity index is 1590. The monoisotopic (exact) mass is 411 g/mol. The van der Waals surface area contributed by atoms with Crippen LogP contribution >= 0.6 is 0 Å². The summed E-state index contributed by atoms with van der Waals surface area (Å²) in [4.78, 5) is 35.9. The number of benzene rings is 3. The predicted octanol–water partition coefficient (Wildman–Crippen LogP) is 5.08. The highest BCUT2D eigenvalue weighted by atomic mass is 16.1. The molecule has 0 fully saturated rings. The second-order valence-corrected chi connectivity index (χ2v) is 7.92. The van der Waals surface area contributed by atoms with E-state index < -0.39 is 0 Å². The number of nitrogens with zero attached hydrogens (tertiary/aromatic N) is 1. The number of hydrogen-bond acceptors (Lipinski definition) is 3. The Morgan fingerprint density at radius 1 is 0.742 bits per heavy atom. The molecule has 0 amide bonds. The molecule has 31 heavy (non-hydrogen) atoms. The summed E-state index contributed by atoms with van der Waals surface area (Å²) in [6.07, 6.45) is 0.786. The molecule has 0 spiro atoms. The molecule has 0 bridgehead atoms. The van der Waals surface area contributed by atoms with Crippen molar-refractivity contribution in [2.45, 2.75) is 27.2 Å². The van der Waals surface area contributed by atoms with Crippen molar-refractivity contribution >= 4 is 49.3 Å². The summed E-state index contributed by atoms with van der Waals surface area (Å²) < 4.78 is 0. The molecule has 0 aliphatic rings. The van der Waals surface area contributed by atoms with Gasteiger partial charge < -0.3 is 14.9 Å². The fourth-order valence-electron chi connectivity index (χ4n) is 4.70. The number of pyridine rings is 2. The third kappa shape index (κ3) is 2.84. The number of hydrogen-bond donors (Lipinski definition) is 2. The molecule has 0 saturated heterocycles. The number of aryl methyl sites for hydroxylation is 1. The van der Waals surface area contributed by atoms with Crippen molar-refractivity contribution in [2.75, 3.05) is 18.0 Å². The van der Waals surface area contributed by atoms with Gasteiger partial charge in [-0.25, -0.2) is 0 Å². The minimum Gasteiger partial charge on any atom is -0.370 e. The number of H-pyrrole nitrogens is 2. The van der Waals surface area contributed by atoms with Gasteiger partial charge in [-0.15, -0.1) is 0 Å². The van der Waals surface area contributed by atoms with E-state index in [2.05, 4.69) is 35.6 Å². The van der Waals surface area contributed by atoms with Crippen LogP contribution in [0.4, 0.5) is 5.69 Å². The van der Waals surface area contributed by atoms with Crippen molar-refractivity contribution in [2.24, 2.45) is 0 Å². The Kier molecular flexibility index (Phi) is 4.54. The van der Waals surface area contributed by atoms with Crippen LogP contribution in [-0.2, 0) is 6.42 Å². The van der Waals surface area contributed by atoms with Crippen molar-refractivity contribution in [3.8, 4) is 0 Å². The van der Waals surface area contributed by atoms with Crippen LogP contribution in [0.15, 0.2) is 58.1 Å². The number of rotatable bonds is 4. The SMILES string of the molecule is CCc1cccc2[nH]c3cc4c(=O)c5cccc(N(CC)CC)c5[nH]c4cc3c(=O)c12. The largest absolute Gasteiger partial charge is 0.370 e. The van der Waals surface area contributed by atoms with E-state index in [-0.39, 0.29) is 10.9 Å². The summed E-state index contributed by atoms with van der Waals surface area (Å²) in [6, 6.07) is 15.3. The zero-order valence-electron chi connectivity index (χ0n) is 18.0. The molecule has 5 rings (SSSR count). The van der Waals surface area contributed by atoms with Crippen molar-refractivity contribution < 1.29 is 0 Å². The maximum atomic E-state index is 13.4. The van der Waals surface area contributed by atoms with E-state index >= 15 is 0 Å². The van der Waals surface area contributed by atoms with Gasteiger partial charge in [0.25, 0.3) is 0 Å². The van der Waals surface area contributed by atoms with Gasteiger partial charge in [-0.05, 0) is 56.2 Å². The van der Waals surface area contributed by atoms with E-state index in [0.29, 0.717) is 27.2 Å². The molecule has 2 aromatic heterocycles. The Labute approximate surface area is 179 Å². The number of fused-ring (bicyclic) bond motifs is 4. The molecule has 0 aliphatic heterocycles. The number of nitrogens with one attached hydrogen (secondary N) is 2. The van der Waals surface area contributed by atoms with Gasteiger partial charge in [-0.2, -0.15) is 0 Å². The molecule has 156 valence electrons. The number of para-hydroxylation sites is 1. The molecule has 5 nitrogen and oxygen atoms in total. The van der Waals surface area contributed by atoms with Gasteiger partial charge >= 0.3 is 0 Å². The molecule has 0 saturated carbocycles. The summed E-state index contributed by atoms with van der Waals surface area (Å²) in [6.45, 7) is 7.95. The first-order valence-corrected chi connectivity index (χ1v) is 10.9. The third-order valence-electron chi connectivity index (χ3n) is 6.33. The molecule has 0 atom stereocenters. The summed E-state index contributed by atoms with van der Waals surface area (Å²) in [5.41, 5.74) is 4.99. The molecule has 0 radical (unpaired) electrons. The number of aromatic nitrogens is 2. The highest BCUT2D eigenvalue weighted by Crippen LogP contribution is 2.27. The van der Waals surface area contributed by atoms with E-state index in [1.807, 2.05) is 48.5 Å². The lowest BCUT2D eigenvalue weighted by atomic mass is 10.0. The van der Waals surface area contributed by atoms with Gasteiger partial charge in [0.2, 0.25) is 0 Å². The number of anilines is 1. The summed E-state index contributed by atoms with van der Waals surface area (Å²) in [7, 11) is 0. The van der Waals surface area contributed by atoms with Crippen molar-refractivity contribution in [3.63, 3.8) is 0 Å². The van der Waals surface area contributed by atoms with Crippen molar-refractivity contribution in [1.82, 2.24) is 9.97 Å². The van der Waals surface area contributed by atoms with Crippen LogP contribution in [0, 0.1) is 0 Å². The molecule has 0 aliphatic carbocycles. The summed E-state index contributed by atoms with van der Waals surface area (Å²) >= 11 is 0. The van der Waals surface area contributed by atoms with E-state index in [1.165, 1.54) is 0 Å². The van der Waals surface area contributed by atoms with E-state index in [0.717, 1.165) is 47.2 Å². The van der Waals surface area contributed by atoms with E-state index in [1.54, 1.807) is 0 Å². The lowest BCUT2D eigenvalue weighted by Gasteiger charge is -2.22. The molecular weight excluding hydrogens is 386 g/mol. The zero-order valence-corrected chi connectivity index (χ0v) is 18.0. The highest BCUT2D eigenvalue weighted by Gasteiger charge is 2.15. The Balaban J connectivity index is 1.92. The maximum absolute atomic E-state index is 13.4. The molecule has 5 heteroatoms. The van der Waals surface area contributed by atoms with E-state index in [9.17, 15) is 9.59 Å². The average Bonchev–Trinajstić information content (AvgIpc) is 2.79. The van der Waals surface area contributed by atoms with Gasteiger partial charge in [0, 0.05) is 34.6 Å². The first kappa shape index (κ1) is 19.4. The van der Waals surface area contributed by atoms with Gasteiger partial charge in [0.1, 0.15) is 0 Å². The highest BCUT2D eigenvalue weighted by molar-refractivity contribution is 6.05. The Morgan fingerprint density at radius 3 is 2.13 bits per heavy atom. The zero-order chi connectivity index (χ0) is 21.7.